The average Bonchev–Trinajstić information content (AvgIpc) is 2.77. The van der Waals surface area contributed by atoms with Gasteiger partial charge in [0.15, 0.2) is 0 Å². The van der Waals surface area contributed by atoms with E-state index in [1.54, 1.807) is 36.4 Å². The second-order valence-electron chi connectivity index (χ2n) is 8.49. The van der Waals surface area contributed by atoms with Gasteiger partial charge in [0.05, 0.1) is 11.9 Å². The van der Waals surface area contributed by atoms with Crippen LogP contribution < -0.4 is 9.62 Å². The summed E-state index contributed by atoms with van der Waals surface area (Å²) in [6, 6.07) is 13.2. The molecule has 0 saturated heterocycles. The number of halogens is 1. The molecule has 0 aliphatic rings. The second kappa shape index (κ2) is 12.2. The zero-order chi connectivity index (χ0) is 25.5. The van der Waals surface area contributed by atoms with Gasteiger partial charge in [-0.15, -0.1) is 0 Å². The minimum atomic E-state index is -3.76. The van der Waals surface area contributed by atoms with Gasteiger partial charge in [-0.2, -0.15) is 0 Å². The molecule has 0 aromatic heterocycles. The fourth-order valence-electron chi connectivity index (χ4n) is 3.62. The fraction of sp³-hybridized carbons (Fsp3) is 0.440. The van der Waals surface area contributed by atoms with Crippen molar-refractivity contribution in [2.45, 2.75) is 59.2 Å². The molecule has 0 saturated carbocycles. The van der Waals surface area contributed by atoms with E-state index in [-0.39, 0.29) is 18.5 Å². The lowest BCUT2D eigenvalue weighted by Gasteiger charge is -2.33. The number of hydrogen-bond acceptors (Lipinski definition) is 4. The summed E-state index contributed by atoms with van der Waals surface area (Å²) in [5, 5.41) is 3.33. The highest BCUT2D eigenvalue weighted by Gasteiger charge is 2.32. The van der Waals surface area contributed by atoms with Gasteiger partial charge in [0, 0.05) is 17.6 Å². The van der Waals surface area contributed by atoms with Crippen LogP contribution in [0.3, 0.4) is 0 Å². The van der Waals surface area contributed by atoms with Crippen LogP contribution in [0.15, 0.2) is 48.5 Å². The predicted octanol–water partition coefficient (Wildman–Crippen LogP) is 4.00. The lowest BCUT2D eigenvalue weighted by molar-refractivity contribution is -0.140. The highest BCUT2D eigenvalue weighted by Crippen LogP contribution is 2.22. The van der Waals surface area contributed by atoms with Gasteiger partial charge in [-0.1, -0.05) is 55.8 Å². The number of nitrogens with zero attached hydrogens (tertiary/aromatic N) is 2. The monoisotopic (exact) mass is 507 g/mol. The summed E-state index contributed by atoms with van der Waals surface area (Å²) in [4.78, 5) is 28.0. The summed E-state index contributed by atoms with van der Waals surface area (Å²) in [6.07, 6.45) is 2.24. The molecule has 0 bridgehead atoms. The smallest absolute Gasteiger partial charge is 0.244 e. The molecule has 0 aliphatic heterocycles. The number of sulfonamides is 1. The maximum atomic E-state index is 13.6. The number of carbonyl (C=O) groups is 2. The third kappa shape index (κ3) is 7.46. The minimum Gasteiger partial charge on any atom is -0.352 e. The predicted molar refractivity (Wildman–Crippen MR) is 137 cm³/mol. The van der Waals surface area contributed by atoms with Crippen LogP contribution in [0.25, 0.3) is 0 Å². The summed E-state index contributed by atoms with van der Waals surface area (Å²) in [6.45, 7) is 7.16. The average molecular weight is 508 g/mol. The van der Waals surface area contributed by atoms with Gasteiger partial charge in [0.1, 0.15) is 12.6 Å². The Balaban J connectivity index is 2.44. The number of aryl methyl sites for hydroxylation is 1. The largest absolute Gasteiger partial charge is 0.352 e. The minimum absolute atomic E-state index is 0.0783. The Bertz CT molecular complexity index is 1090. The van der Waals surface area contributed by atoms with Crippen molar-refractivity contribution in [1.29, 1.82) is 0 Å². The van der Waals surface area contributed by atoms with Crippen LogP contribution in [0.4, 0.5) is 5.69 Å². The molecule has 0 radical (unpaired) electrons. The van der Waals surface area contributed by atoms with Crippen LogP contribution >= 0.6 is 11.6 Å². The molecule has 34 heavy (non-hydrogen) atoms. The van der Waals surface area contributed by atoms with Crippen molar-refractivity contribution in [1.82, 2.24) is 10.2 Å². The molecule has 0 heterocycles. The van der Waals surface area contributed by atoms with Crippen LogP contribution in [0, 0.1) is 0 Å². The maximum absolute atomic E-state index is 13.6. The molecule has 0 spiro atoms. The van der Waals surface area contributed by atoms with Crippen molar-refractivity contribution in [3.8, 4) is 0 Å². The summed E-state index contributed by atoms with van der Waals surface area (Å²) in [5.41, 5.74) is 2.12. The van der Waals surface area contributed by atoms with Crippen molar-refractivity contribution >= 4 is 39.1 Å². The molecule has 0 aliphatic carbocycles. The van der Waals surface area contributed by atoms with E-state index in [9.17, 15) is 18.0 Å². The zero-order valence-corrected chi connectivity index (χ0v) is 22.0. The van der Waals surface area contributed by atoms with Crippen LogP contribution in [-0.2, 0) is 32.6 Å². The second-order valence-corrected chi connectivity index (χ2v) is 10.8. The van der Waals surface area contributed by atoms with Crippen molar-refractivity contribution in [3.05, 3.63) is 64.7 Å². The van der Waals surface area contributed by atoms with Gasteiger partial charge in [0.2, 0.25) is 21.8 Å². The molecule has 1 N–H and O–H groups in total. The quantitative estimate of drug-likeness (QED) is 0.498. The molecule has 1 unspecified atom stereocenters. The third-order valence-corrected chi connectivity index (χ3v) is 6.94. The van der Waals surface area contributed by atoms with Crippen molar-refractivity contribution in [2.75, 3.05) is 17.1 Å². The Morgan fingerprint density at radius 1 is 1.03 bits per heavy atom. The standard InChI is InChI=1S/C25H34ClN3O4S/c1-6-19-12-14-21(15-13-19)29(34(5,32)33)17-24(30)28(16-20-10-8-9-11-22(20)26)23(7-2)25(31)27-18(3)4/h8-15,18,23H,6-7,16-17H2,1-5H3,(H,27,31). The van der Waals surface area contributed by atoms with Crippen LogP contribution in [-0.4, -0.2) is 50.0 Å². The zero-order valence-electron chi connectivity index (χ0n) is 20.4. The van der Waals surface area contributed by atoms with Crippen LogP contribution in [0.1, 0.15) is 45.2 Å². The molecule has 2 amide bonds. The number of amides is 2. The number of benzene rings is 2. The number of nitrogens with one attached hydrogen (secondary N) is 1. The molecule has 2 aromatic rings. The first-order valence-electron chi connectivity index (χ1n) is 11.4. The topological polar surface area (TPSA) is 86.8 Å². The number of carbonyl (C=O) groups excluding carboxylic acids is 2. The molecule has 2 rings (SSSR count). The Morgan fingerprint density at radius 3 is 2.15 bits per heavy atom. The fourth-order valence-corrected chi connectivity index (χ4v) is 4.67. The van der Waals surface area contributed by atoms with Crippen molar-refractivity contribution < 1.29 is 18.0 Å². The van der Waals surface area contributed by atoms with Gasteiger partial charge in [-0.3, -0.25) is 13.9 Å². The SMILES string of the molecule is CCc1ccc(N(CC(=O)N(Cc2ccccc2Cl)C(CC)C(=O)NC(C)C)S(C)(=O)=O)cc1. The first-order chi connectivity index (χ1) is 16.0. The maximum Gasteiger partial charge on any atom is 0.244 e. The molecule has 9 heteroatoms. The highest BCUT2D eigenvalue weighted by atomic mass is 35.5. The van der Waals surface area contributed by atoms with Gasteiger partial charge >= 0.3 is 0 Å². The van der Waals surface area contributed by atoms with E-state index >= 15 is 0 Å². The highest BCUT2D eigenvalue weighted by molar-refractivity contribution is 7.92. The Morgan fingerprint density at radius 2 is 1.65 bits per heavy atom. The first kappa shape index (κ1) is 27.7. The first-order valence-corrected chi connectivity index (χ1v) is 13.6. The third-order valence-electron chi connectivity index (χ3n) is 5.43. The van der Waals surface area contributed by atoms with Crippen molar-refractivity contribution in [2.24, 2.45) is 0 Å². The molecule has 186 valence electrons. The van der Waals surface area contributed by atoms with E-state index in [1.807, 2.05) is 39.8 Å². The number of anilines is 1. The number of rotatable bonds is 11. The molecule has 1 atom stereocenters. The summed E-state index contributed by atoms with van der Waals surface area (Å²) in [5.74, 6) is -0.785. The van der Waals surface area contributed by atoms with Gasteiger partial charge in [-0.25, -0.2) is 8.42 Å². The number of hydrogen-bond donors (Lipinski definition) is 1. The Hall–Kier alpha value is -2.58. The van der Waals surface area contributed by atoms with Gasteiger partial charge in [0.25, 0.3) is 0 Å². The Kier molecular flexibility index (Phi) is 9.94. The summed E-state index contributed by atoms with van der Waals surface area (Å²) < 4.78 is 26.3. The summed E-state index contributed by atoms with van der Waals surface area (Å²) >= 11 is 6.34. The molecule has 7 nitrogen and oxygen atoms in total. The van der Waals surface area contributed by atoms with Crippen LogP contribution in [0.5, 0.6) is 0 Å². The van der Waals surface area contributed by atoms with E-state index in [0.717, 1.165) is 22.5 Å². The summed E-state index contributed by atoms with van der Waals surface area (Å²) in [7, 11) is -3.76. The normalized spacial score (nSPS) is 12.3. The van der Waals surface area contributed by atoms with E-state index in [0.29, 0.717) is 22.7 Å². The van der Waals surface area contributed by atoms with E-state index in [2.05, 4.69) is 5.32 Å². The van der Waals surface area contributed by atoms with Crippen LogP contribution in [0.2, 0.25) is 5.02 Å². The molecule has 0 fully saturated rings. The van der Waals surface area contributed by atoms with Crippen molar-refractivity contribution in [3.63, 3.8) is 0 Å². The van der Waals surface area contributed by atoms with Gasteiger partial charge in [-0.05, 0) is 56.0 Å². The van der Waals surface area contributed by atoms with E-state index in [4.69, 9.17) is 11.6 Å². The Labute approximate surface area is 208 Å². The molecular weight excluding hydrogens is 474 g/mol. The van der Waals surface area contributed by atoms with E-state index < -0.39 is 28.5 Å². The molecular formula is C25H34ClN3O4S. The molecule has 2 aromatic carbocycles. The van der Waals surface area contributed by atoms with E-state index in [1.165, 1.54) is 4.90 Å². The lowest BCUT2D eigenvalue weighted by atomic mass is 10.1. The van der Waals surface area contributed by atoms with Gasteiger partial charge < -0.3 is 10.2 Å². The lowest BCUT2D eigenvalue weighted by Crippen LogP contribution is -2.53.